The molecule has 1 aliphatic rings. The Balaban J connectivity index is 1.80. The van der Waals surface area contributed by atoms with Gasteiger partial charge in [0.2, 0.25) is 5.91 Å². The third-order valence-electron chi connectivity index (χ3n) is 4.63. The molecule has 0 spiro atoms. The van der Waals surface area contributed by atoms with Gasteiger partial charge in [0.1, 0.15) is 5.75 Å². The number of carbonyl (C=O) groups is 1. The van der Waals surface area contributed by atoms with E-state index in [1.807, 2.05) is 36.4 Å². The molecule has 0 N–H and O–H groups in total. The van der Waals surface area contributed by atoms with Gasteiger partial charge in [0.15, 0.2) is 5.17 Å². The van der Waals surface area contributed by atoms with Crippen LogP contribution in [0.1, 0.15) is 36.5 Å². The highest BCUT2D eigenvalue weighted by Crippen LogP contribution is 2.32. The Morgan fingerprint density at radius 1 is 1.18 bits per heavy atom. The number of hydrogen-bond donors (Lipinski definition) is 0. The van der Waals surface area contributed by atoms with Crippen molar-refractivity contribution >= 4 is 29.1 Å². The number of rotatable bonds is 7. The Morgan fingerprint density at radius 3 is 2.61 bits per heavy atom. The van der Waals surface area contributed by atoms with Crippen molar-refractivity contribution in [1.82, 2.24) is 4.90 Å². The molecule has 0 aliphatic carbocycles. The van der Waals surface area contributed by atoms with Crippen LogP contribution in [0, 0.1) is 6.92 Å². The molecule has 0 radical (unpaired) electrons. The third kappa shape index (κ3) is 4.81. The molecular formula is C22H25N3O2S. The second-order valence-corrected chi connectivity index (χ2v) is 7.82. The van der Waals surface area contributed by atoms with Crippen molar-refractivity contribution < 1.29 is 9.53 Å². The molecule has 0 aromatic heterocycles. The fourth-order valence-electron chi connectivity index (χ4n) is 2.97. The number of ether oxygens (including phenoxy) is 1. The maximum Gasteiger partial charge on any atom is 0.242 e. The van der Waals surface area contributed by atoms with E-state index in [-0.39, 0.29) is 11.2 Å². The second kappa shape index (κ2) is 9.55. The summed E-state index contributed by atoms with van der Waals surface area (Å²) in [5.74, 6) is 0.917. The average molecular weight is 396 g/mol. The summed E-state index contributed by atoms with van der Waals surface area (Å²) in [4.78, 5) is 14.6. The lowest BCUT2D eigenvalue weighted by atomic mass is 10.1. The van der Waals surface area contributed by atoms with E-state index in [0.29, 0.717) is 11.7 Å². The predicted octanol–water partition coefficient (Wildman–Crippen LogP) is 4.64. The summed E-state index contributed by atoms with van der Waals surface area (Å²) >= 11 is 1.51. The smallest absolute Gasteiger partial charge is 0.242 e. The second-order valence-electron chi connectivity index (χ2n) is 6.65. The van der Waals surface area contributed by atoms with Gasteiger partial charge in [-0.25, -0.2) is 0 Å². The number of amides is 1. The van der Waals surface area contributed by atoms with E-state index >= 15 is 0 Å². The van der Waals surface area contributed by atoms with Gasteiger partial charge in [-0.1, -0.05) is 49.4 Å². The maximum atomic E-state index is 12.9. The fourth-order valence-corrected chi connectivity index (χ4v) is 4.18. The number of aryl methyl sites for hydroxylation is 1. The van der Waals surface area contributed by atoms with Gasteiger partial charge in [0.05, 0.1) is 25.1 Å². The van der Waals surface area contributed by atoms with Crippen LogP contribution >= 0.6 is 11.8 Å². The Kier molecular flexibility index (Phi) is 6.87. The van der Waals surface area contributed by atoms with Crippen LogP contribution in [-0.2, 0) is 11.3 Å². The first-order valence-electron chi connectivity index (χ1n) is 9.40. The fraction of sp³-hybridized carbons (Fsp3) is 0.318. The molecule has 1 atom stereocenters. The minimum Gasteiger partial charge on any atom is -0.497 e. The number of amidine groups is 1. The molecule has 0 bridgehead atoms. The zero-order valence-electron chi connectivity index (χ0n) is 16.5. The van der Waals surface area contributed by atoms with Crippen LogP contribution in [0.25, 0.3) is 0 Å². The molecular weight excluding hydrogens is 370 g/mol. The molecule has 146 valence electrons. The Labute approximate surface area is 170 Å². The van der Waals surface area contributed by atoms with Crippen molar-refractivity contribution in [1.29, 1.82) is 0 Å². The van der Waals surface area contributed by atoms with E-state index in [0.717, 1.165) is 29.7 Å². The van der Waals surface area contributed by atoms with E-state index in [4.69, 9.17) is 4.74 Å². The van der Waals surface area contributed by atoms with E-state index in [1.165, 1.54) is 17.3 Å². The van der Waals surface area contributed by atoms with Crippen molar-refractivity contribution in [2.24, 2.45) is 10.2 Å². The van der Waals surface area contributed by atoms with Gasteiger partial charge in [0, 0.05) is 0 Å². The zero-order chi connectivity index (χ0) is 19.9. The topological polar surface area (TPSA) is 54.3 Å². The minimum absolute atomic E-state index is 0.0797. The molecule has 1 heterocycles. The number of hydrogen-bond acceptors (Lipinski definition) is 5. The quantitative estimate of drug-likeness (QED) is 0.507. The molecule has 1 saturated heterocycles. The van der Waals surface area contributed by atoms with Gasteiger partial charge in [-0.3, -0.25) is 9.69 Å². The van der Waals surface area contributed by atoms with Gasteiger partial charge in [-0.2, -0.15) is 5.10 Å². The van der Waals surface area contributed by atoms with Crippen LogP contribution in [0.3, 0.4) is 0 Å². The zero-order valence-corrected chi connectivity index (χ0v) is 17.3. The minimum atomic E-state index is -0.0797. The molecule has 1 fully saturated rings. The predicted molar refractivity (Wildman–Crippen MR) is 116 cm³/mol. The molecule has 3 rings (SSSR count). The van der Waals surface area contributed by atoms with Crippen molar-refractivity contribution in [3.63, 3.8) is 0 Å². The van der Waals surface area contributed by atoms with Gasteiger partial charge in [0.25, 0.3) is 0 Å². The van der Waals surface area contributed by atoms with Crippen LogP contribution in [-0.4, -0.2) is 34.5 Å². The number of carbonyl (C=O) groups excluding carboxylic acids is 1. The van der Waals surface area contributed by atoms with E-state index < -0.39 is 0 Å². The van der Waals surface area contributed by atoms with Gasteiger partial charge in [-0.15, -0.1) is 5.10 Å². The van der Waals surface area contributed by atoms with Crippen LogP contribution in [0.5, 0.6) is 5.75 Å². The molecule has 2 aromatic rings. The molecule has 1 aliphatic heterocycles. The number of nitrogens with zero attached hydrogens (tertiary/aromatic N) is 3. The van der Waals surface area contributed by atoms with E-state index in [2.05, 4.69) is 36.2 Å². The lowest BCUT2D eigenvalue weighted by Crippen LogP contribution is -2.31. The molecule has 1 unspecified atom stereocenters. The van der Waals surface area contributed by atoms with E-state index in [1.54, 1.807) is 18.2 Å². The van der Waals surface area contributed by atoms with Gasteiger partial charge in [-0.05, 0) is 54.3 Å². The molecule has 1 amide bonds. The van der Waals surface area contributed by atoms with Crippen molar-refractivity contribution in [3.8, 4) is 5.75 Å². The molecule has 0 saturated carbocycles. The summed E-state index contributed by atoms with van der Waals surface area (Å²) in [5.41, 5.74) is 3.22. The third-order valence-corrected chi connectivity index (χ3v) is 5.86. The SMILES string of the molecule is CCCC1S/C(=N/N=C/c2ccc(OC)cc2)N(Cc2ccccc2C)C1=O. The molecule has 6 heteroatoms. The van der Waals surface area contributed by atoms with Crippen LogP contribution < -0.4 is 4.74 Å². The molecule has 5 nitrogen and oxygen atoms in total. The summed E-state index contributed by atoms with van der Waals surface area (Å²) in [5, 5.41) is 9.19. The summed E-state index contributed by atoms with van der Waals surface area (Å²) < 4.78 is 5.16. The first kappa shape index (κ1) is 20.1. The van der Waals surface area contributed by atoms with Gasteiger partial charge < -0.3 is 4.74 Å². The summed E-state index contributed by atoms with van der Waals surface area (Å²) in [6.45, 7) is 4.68. The number of benzene rings is 2. The van der Waals surface area contributed by atoms with Crippen LogP contribution in [0.4, 0.5) is 0 Å². The van der Waals surface area contributed by atoms with Crippen molar-refractivity contribution in [2.45, 2.75) is 38.5 Å². The normalized spacial score (nSPS) is 18.4. The highest BCUT2D eigenvalue weighted by atomic mass is 32.2. The van der Waals surface area contributed by atoms with Crippen LogP contribution in [0.2, 0.25) is 0 Å². The largest absolute Gasteiger partial charge is 0.497 e. The first-order chi connectivity index (χ1) is 13.6. The first-order valence-corrected chi connectivity index (χ1v) is 10.3. The lowest BCUT2D eigenvalue weighted by molar-refractivity contribution is -0.126. The number of methoxy groups -OCH3 is 1. The van der Waals surface area contributed by atoms with Crippen LogP contribution in [0.15, 0.2) is 58.7 Å². The Bertz CT molecular complexity index is 878. The molecule has 2 aromatic carbocycles. The highest BCUT2D eigenvalue weighted by Gasteiger charge is 2.37. The standard InChI is InChI=1S/C22H25N3O2S/c1-4-7-20-21(26)25(15-18-9-6-5-8-16(18)2)22(28-20)24-23-14-17-10-12-19(27-3)13-11-17/h5-6,8-14,20H,4,7,15H2,1-3H3/b23-14+,24-22+. The summed E-state index contributed by atoms with van der Waals surface area (Å²) in [6, 6.07) is 15.7. The van der Waals surface area contributed by atoms with E-state index in [9.17, 15) is 4.79 Å². The van der Waals surface area contributed by atoms with Crippen molar-refractivity contribution in [2.75, 3.05) is 7.11 Å². The number of thioether (sulfide) groups is 1. The maximum absolute atomic E-state index is 12.9. The monoisotopic (exact) mass is 395 g/mol. The average Bonchev–Trinajstić information content (AvgIpc) is 2.99. The summed E-state index contributed by atoms with van der Waals surface area (Å²) in [7, 11) is 1.64. The van der Waals surface area contributed by atoms with Crippen molar-refractivity contribution in [3.05, 3.63) is 65.2 Å². The Hall–Kier alpha value is -2.60. The summed E-state index contributed by atoms with van der Waals surface area (Å²) in [6.07, 6.45) is 3.50. The lowest BCUT2D eigenvalue weighted by Gasteiger charge is -2.17. The molecule has 28 heavy (non-hydrogen) atoms. The Morgan fingerprint density at radius 2 is 1.93 bits per heavy atom. The van der Waals surface area contributed by atoms with Gasteiger partial charge >= 0.3 is 0 Å². The highest BCUT2D eigenvalue weighted by molar-refractivity contribution is 8.15.